The summed E-state index contributed by atoms with van der Waals surface area (Å²) < 4.78 is 0. The highest BCUT2D eigenvalue weighted by atomic mass is 16.3. The molecule has 2 aromatic rings. The fraction of sp³-hybridized carbons (Fsp3) is 0. The zero-order valence-electron chi connectivity index (χ0n) is 9.04. The predicted molar refractivity (Wildman–Crippen MR) is 61.9 cm³/mol. The number of nitrogens with one attached hydrogen (secondary N) is 1. The molecule has 18 heavy (non-hydrogen) atoms. The Morgan fingerprint density at radius 1 is 1.06 bits per heavy atom. The Morgan fingerprint density at radius 2 is 1.78 bits per heavy atom. The van der Waals surface area contributed by atoms with Crippen LogP contribution in [0.3, 0.4) is 0 Å². The number of aromatic hydroxyl groups is 3. The number of phenols is 3. The number of benzene rings is 1. The second kappa shape index (κ2) is 4.25. The maximum Gasteiger partial charge on any atom is 0.248 e. The molecule has 2 rings (SSSR count). The summed E-state index contributed by atoms with van der Waals surface area (Å²) in [6.07, 6.45) is 1.30. The van der Waals surface area contributed by atoms with E-state index in [0.717, 1.165) is 18.2 Å². The van der Waals surface area contributed by atoms with Gasteiger partial charge in [0.05, 0.1) is 5.56 Å². The Labute approximate surface area is 101 Å². The Bertz CT molecular complexity index is 674. The van der Waals surface area contributed by atoms with E-state index in [1.807, 2.05) is 0 Å². The van der Waals surface area contributed by atoms with Crippen molar-refractivity contribution in [3.05, 3.63) is 51.9 Å². The lowest BCUT2D eigenvalue weighted by Crippen LogP contribution is -2.09. The molecule has 4 N–H and O–H groups in total. The SMILES string of the molecule is O=C(c1cc[nH]c(=O)c1)c1ccc(O)c(O)c1O. The maximum atomic E-state index is 12.0. The number of rotatable bonds is 2. The summed E-state index contributed by atoms with van der Waals surface area (Å²) in [5.41, 5.74) is -0.585. The van der Waals surface area contributed by atoms with Gasteiger partial charge in [-0.2, -0.15) is 0 Å². The third-order valence-electron chi connectivity index (χ3n) is 2.41. The molecule has 0 saturated heterocycles. The van der Waals surface area contributed by atoms with Crippen LogP contribution in [0.5, 0.6) is 17.2 Å². The summed E-state index contributed by atoms with van der Waals surface area (Å²) in [7, 11) is 0. The molecule has 1 heterocycles. The molecule has 0 spiro atoms. The van der Waals surface area contributed by atoms with Gasteiger partial charge in [-0.1, -0.05) is 0 Å². The third-order valence-corrected chi connectivity index (χ3v) is 2.41. The molecule has 92 valence electrons. The van der Waals surface area contributed by atoms with E-state index in [2.05, 4.69) is 4.98 Å². The topological polar surface area (TPSA) is 111 Å². The van der Waals surface area contributed by atoms with E-state index in [1.54, 1.807) is 0 Å². The van der Waals surface area contributed by atoms with Crippen molar-refractivity contribution >= 4 is 5.78 Å². The lowest BCUT2D eigenvalue weighted by atomic mass is 10.0. The number of pyridine rings is 1. The largest absolute Gasteiger partial charge is 0.504 e. The minimum absolute atomic E-state index is 0.0686. The third kappa shape index (κ3) is 1.91. The molecule has 0 bridgehead atoms. The summed E-state index contributed by atoms with van der Waals surface area (Å²) in [5, 5.41) is 28.0. The summed E-state index contributed by atoms with van der Waals surface area (Å²) in [6.45, 7) is 0. The lowest BCUT2D eigenvalue weighted by Gasteiger charge is -2.06. The molecule has 6 heteroatoms. The van der Waals surface area contributed by atoms with Crippen molar-refractivity contribution in [1.29, 1.82) is 0 Å². The number of aromatic amines is 1. The molecular weight excluding hydrogens is 238 g/mol. The zero-order valence-corrected chi connectivity index (χ0v) is 9.04. The number of hydrogen-bond donors (Lipinski definition) is 4. The zero-order chi connectivity index (χ0) is 13.3. The van der Waals surface area contributed by atoms with Crippen molar-refractivity contribution in [2.45, 2.75) is 0 Å². The van der Waals surface area contributed by atoms with Gasteiger partial charge < -0.3 is 20.3 Å². The van der Waals surface area contributed by atoms with Gasteiger partial charge in [-0.05, 0) is 18.2 Å². The van der Waals surface area contributed by atoms with Gasteiger partial charge in [0.2, 0.25) is 11.3 Å². The number of hydrogen-bond acceptors (Lipinski definition) is 5. The van der Waals surface area contributed by atoms with Gasteiger partial charge in [0.1, 0.15) is 0 Å². The highest BCUT2D eigenvalue weighted by Crippen LogP contribution is 2.37. The average molecular weight is 247 g/mol. The fourth-order valence-electron chi connectivity index (χ4n) is 1.49. The summed E-state index contributed by atoms with van der Waals surface area (Å²) >= 11 is 0. The van der Waals surface area contributed by atoms with E-state index < -0.39 is 28.6 Å². The minimum atomic E-state index is -0.773. The first kappa shape index (κ1) is 11.7. The van der Waals surface area contributed by atoms with E-state index in [1.165, 1.54) is 12.3 Å². The summed E-state index contributed by atoms with van der Waals surface area (Å²) in [4.78, 5) is 25.4. The monoisotopic (exact) mass is 247 g/mol. The molecule has 0 unspecified atom stereocenters. The second-order valence-electron chi connectivity index (χ2n) is 3.60. The minimum Gasteiger partial charge on any atom is -0.504 e. The maximum absolute atomic E-state index is 12.0. The van der Waals surface area contributed by atoms with Crippen LogP contribution in [0, 0.1) is 0 Å². The van der Waals surface area contributed by atoms with Crippen molar-refractivity contribution in [3.8, 4) is 17.2 Å². The molecule has 0 radical (unpaired) electrons. The highest BCUT2D eigenvalue weighted by Gasteiger charge is 2.18. The lowest BCUT2D eigenvalue weighted by molar-refractivity contribution is 0.103. The standard InChI is InChI=1S/C12H9NO5/c14-8-2-1-7(11(17)12(8)18)10(16)6-3-4-13-9(15)5-6/h1-5,14,17-18H,(H,13,15). The Balaban J connectivity index is 2.53. The van der Waals surface area contributed by atoms with Crippen LogP contribution in [0.2, 0.25) is 0 Å². The van der Waals surface area contributed by atoms with Crippen molar-refractivity contribution in [3.63, 3.8) is 0 Å². The smallest absolute Gasteiger partial charge is 0.248 e. The first-order chi connectivity index (χ1) is 8.50. The molecule has 0 aliphatic carbocycles. The van der Waals surface area contributed by atoms with Crippen LogP contribution in [-0.4, -0.2) is 26.1 Å². The predicted octanol–water partition coefficient (Wildman–Crippen LogP) is 0.723. The van der Waals surface area contributed by atoms with Crippen molar-refractivity contribution in [2.24, 2.45) is 0 Å². The average Bonchev–Trinajstić information content (AvgIpc) is 2.35. The van der Waals surface area contributed by atoms with Crippen LogP contribution in [0.15, 0.2) is 35.3 Å². The molecule has 0 amide bonds. The Hall–Kier alpha value is -2.76. The molecule has 0 aliphatic rings. The summed E-state index contributed by atoms with van der Waals surface area (Å²) in [6, 6.07) is 4.68. The fourth-order valence-corrected chi connectivity index (χ4v) is 1.49. The summed E-state index contributed by atoms with van der Waals surface area (Å²) in [5.74, 6) is -2.66. The van der Waals surface area contributed by atoms with Crippen molar-refractivity contribution in [1.82, 2.24) is 4.98 Å². The number of H-pyrrole nitrogens is 1. The molecule has 0 fully saturated rings. The van der Waals surface area contributed by atoms with Gasteiger partial charge in [-0.15, -0.1) is 0 Å². The van der Waals surface area contributed by atoms with Crippen molar-refractivity contribution in [2.75, 3.05) is 0 Å². The van der Waals surface area contributed by atoms with Crippen LogP contribution < -0.4 is 5.56 Å². The van der Waals surface area contributed by atoms with E-state index >= 15 is 0 Å². The Morgan fingerprint density at radius 3 is 2.44 bits per heavy atom. The van der Waals surface area contributed by atoms with Gasteiger partial charge in [-0.25, -0.2) is 0 Å². The van der Waals surface area contributed by atoms with Crippen LogP contribution in [0.1, 0.15) is 15.9 Å². The number of aromatic nitrogens is 1. The van der Waals surface area contributed by atoms with Crippen LogP contribution in [-0.2, 0) is 0 Å². The first-order valence-corrected chi connectivity index (χ1v) is 4.98. The van der Waals surface area contributed by atoms with E-state index in [0.29, 0.717) is 0 Å². The number of carbonyl (C=O) groups is 1. The van der Waals surface area contributed by atoms with Crippen LogP contribution in [0.25, 0.3) is 0 Å². The quantitative estimate of drug-likeness (QED) is 0.461. The van der Waals surface area contributed by atoms with E-state index in [9.17, 15) is 19.8 Å². The normalized spacial score (nSPS) is 10.2. The van der Waals surface area contributed by atoms with Crippen LogP contribution >= 0.6 is 0 Å². The van der Waals surface area contributed by atoms with Gasteiger partial charge in [0, 0.05) is 17.8 Å². The molecule has 1 aromatic carbocycles. The molecule has 6 nitrogen and oxygen atoms in total. The van der Waals surface area contributed by atoms with Crippen LogP contribution in [0.4, 0.5) is 0 Å². The van der Waals surface area contributed by atoms with Crippen molar-refractivity contribution < 1.29 is 20.1 Å². The van der Waals surface area contributed by atoms with E-state index in [4.69, 9.17) is 5.11 Å². The molecule has 1 aromatic heterocycles. The first-order valence-electron chi connectivity index (χ1n) is 4.98. The molecule has 0 aliphatic heterocycles. The van der Waals surface area contributed by atoms with Gasteiger partial charge in [0.15, 0.2) is 17.3 Å². The number of ketones is 1. The second-order valence-corrected chi connectivity index (χ2v) is 3.60. The molecule has 0 saturated carbocycles. The van der Waals surface area contributed by atoms with Gasteiger partial charge in [0.25, 0.3) is 0 Å². The molecule has 0 atom stereocenters. The molecular formula is C12H9NO5. The highest BCUT2D eigenvalue weighted by molar-refractivity contribution is 6.11. The Kier molecular flexibility index (Phi) is 2.77. The van der Waals surface area contributed by atoms with E-state index in [-0.39, 0.29) is 11.1 Å². The number of carbonyl (C=O) groups excluding carboxylic acids is 1. The number of phenolic OH excluding ortho intramolecular Hbond substituents is 3. The van der Waals surface area contributed by atoms with Gasteiger partial charge >= 0.3 is 0 Å². The van der Waals surface area contributed by atoms with Gasteiger partial charge in [-0.3, -0.25) is 9.59 Å².